The third-order valence-electron chi connectivity index (χ3n) is 7.10. The number of unbranched alkanes of at least 4 members (excludes halogenated alkanes) is 1. The van der Waals surface area contributed by atoms with Crippen LogP contribution in [-0.2, 0) is 11.0 Å². The molecule has 1 N–H and O–H groups in total. The van der Waals surface area contributed by atoms with Crippen LogP contribution in [0.5, 0.6) is 0 Å². The van der Waals surface area contributed by atoms with Gasteiger partial charge in [0, 0.05) is 17.1 Å². The van der Waals surface area contributed by atoms with Gasteiger partial charge >= 0.3 is 0 Å². The molecule has 3 unspecified atom stereocenters. The highest BCUT2D eigenvalue weighted by atomic mass is 35.5. The van der Waals surface area contributed by atoms with Gasteiger partial charge in [0.15, 0.2) is 0 Å². The lowest BCUT2D eigenvalue weighted by molar-refractivity contribution is -0.0608. The zero-order valence-corrected chi connectivity index (χ0v) is 20.0. The summed E-state index contributed by atoms with van der Waals surface area (Å²) >= 11 is 6.52. The summed E-state index contributed by atoms with van der Waals surface area (Å²) in [6.45, 7) is 12.5. The van der Waals surface area contributed by atoms with Gasteiger partial charge < -0.3 is 9.53 Å². The first-order chi connectivity index (χ1) is 13.1. The van der Waals surface area contributed by atoms with Gasteiger partial charge in [0.1, 0.15) is 0 Å². The number of aliphatic hydroxyl groups excluding tert-OH is 1. The van der Waals surface area contributed by atoms with Crippen molar-refractivity contribution in [2.75, 3.05) is 20.3 Å². The molecule has 0 saturated carbocycles. The van der Waals surface area contributed by atoms with E-state index in [-0.39, 0.29) is 29.3 Å². The monoisotopic (exact) mass is 423 g/mol. The molecule has 1 heterocycles. The zero-order valence-electron chi connectivity index (χ0n) is 18.3. The predicted molar refractivity (Wildman–Crippen MR) is 117 cm³/mol. The highest BCUT2D eigenvalue weighted by molar-refractivity contribution is 6.31. The molecule has 0 spiro atoms. The van der Waals surface area contributed by atoms with Crippen LogP contribution in [-0.4, -0.2) is 62.9 Å². The summed E-state index contributed by atoms with van der Waals surface area (Å²) in [6.07, 6.45) is 3.14. The molecular formula is C22H36ClN2O2Si. The quantitative estimate of drug-likeness (QED) is 0.634. The van der Waals surface area contributed by atoms with Gasteiger partial charge in [-0.25, -0.2) is 0 Å². The van der Waals surface area contributed by atoms with Crippen LogP contribution >= 0.6 is 11.6 Å². The van der Waals surface area contributed by atoms with Crippen molar-refractivity contribution in [2.24, 2.45) is 5.41 Å². The molecule has 0 aromatic heterocycles. The van der Waals surface area contributed by atoms with Crippen molar-refractivity contribution in [3.63, 3.8) is 0 Å². The van der Waals surface area contributed by atoms with Gasteiger partial charge in [-0.1, -0.05) is 70.3 Å². The number of aliphatic hydroxyl groups is 1. The normalized spacial score (nSPS) is 29.5. The molecule has 1 aromatic rings. The minimum Gasteiger partial charge on any atom is -0.415 e. The molecular weight excluding hydrogens is 388 g/mol. The molecule has 3 atom stereocenters. The molecule has 0 amide bonds. The van der Waals surface area contributed by atoms with Gasteiger partial charge in [0.2, 0.25) is 10.5 Å². The van der Waals surface area contributed by atoms with Crippen molar-refractivity contribution in [2.45, 2.75) is 77.7 Å². The molecule has 4 nitrogen and oxygen atoms in total. The van der Waals surface area contributed by atoms with Crippen LogP contribution in [0.25, 0.3) is 0 Å². The van der Waals surface area contributed by atoms with Crippen molar-refractivity contribution >= 4 is 22.1 Å². The first-order valence-electron chi connectivity index (χ1n) is 10.2. The summed E-state index contributed by atoms with van der Waals surface area (Å²) in [5, 5.41) is 11.3. The lowest BCUT2D eigenvalue weighted by atomic mass is 9.70. The standard InChI is InChI=1S/C22H36ClN2O2Si/c1-7-8-13-22(16-27-28)24(6)21(5,20(2,3)4)19(15-26)25(22)14-17-11-9-10-12-18(17)23/h9-12,19,26H,7-8,13-16H2,1-6H3. The maximum atomic E-state index is 10.6. The van der Waals surface area contributed by atoms with Crippen molar-refractivity contribution in [1.82, 2.24) is 9.80 Å². The summed E-state index contributed by atoms with van der Waals surface area (Å²) in [4.78, 5) is 4.88. The summed E-state index contributed by atoms with van der Waals surface area (Å²) < 4.78 is 5.60. The number of benzene rings is 1. The van der Waals surface area contributed by atoms with E-state index in [1.165, 1.54) is 0 Å². The third-order valence-corrected chi connectivity index (χ3v) is 7.62. The van der Waals surface area contributed by atoms with Crippen molar-refractivity contribution < 1.29 is 9.53 Å². The van der Waals surface area contributed by atoms with Crippen LogP contribution in [0.3, 0.4) is 0 Å². The lowest BCUT2D eigenvalue weighted by Gasteiger charge is -2.50. The van der Waals surface area contributed by atoms with Gasteiger partial charge in [-0.15, -0.1) is 0 Å². The fourth-order valence-corrected chi connectivity index (χ4v) is 5.35. The second kappa shape index (κ2) is 9.15. The van der Waals surface area contributed by atoms with E-state index >= 15 is 0 Å². The summed E-state index contributed by atoms with van der Waals surface area (Å²) in [5.74, 6) is 0. The Labute approximate surface area is 179 Å². The van der Waals surface area contributed by atoms with Gasteiger partial charge in [-0.05, 0) is 37.4 Å². The number of rotatable bonds is 8. The van der Waals surface area contributed by atoms with E-state index in [9.17, 15) is 5.11 Å². The van der Waals surface area contributed by atoms with E-state index in [0.717, 1.165) is 29.8 Å². The number of hydrogen-bond donors (Lipinski definition) is 1. The summed E-state index contributed by atoms with van der Waals surface area (Å²) in [5.41, 5.74) is 0.436. The largest absolute Gasteiger partial charge is 0.415 e. The van der Waals surface area contributed by atoms with Crippen molar-refractivity contribution in [1.29, 1.82) is 0 Å². The van der Waals surface area contributed by atoms with Gasteiger partial charge in [-0.3, -0.25) is 9.80 Å². The number of nitrogens with zero attached hydrogens (tertiary/aromatic N) is 2. The van der Waals surface area contributed by atoms with Gasteiger partial charge in [-0.2, -0.15) is 0 Å². The minimum absolute atomic E-state index is 0.0480. The van der Waals surface area contributed by atoms with E-state index < -0.39 is 0 Å². The molecule has 1 aliphatic heterocycles. The Bertz CT molecular complexity index is 654. The number of likely N-dealkylation sites (N-methyl/N-ethyl adjacent to an activating group) is 1. The molecule has 6 heteroatoms. The number of hydrogen-bond acceptors (Lipinski definition) is 4. The molecule has 0 bridgehead atoms. The molecule has 0 aliphatic carbocycles. The third kappa shape index (κ3) is 3.94. The maximum absolute atomic E-state index is 10.6. The Morgan fingerprint density at radius 2 is 1.93 bits per heavy atom. The Balaban J connectivity index is 2.63. The Morgan fingerprint density at radius 1 is 1.29 bits per heavy atom. The van der Waals surface area contributed by atoms with Gasteiger partial charge in [0.05, 0.1) is 24.9 Å². The minimum atomic E-state index is -0.341. The number of halogens is 1. The fraction of sp³-hybridized carbons (Fsp3) is 0.727. The second-order valence-corrected chi connectivity index (χ2v) is 9.94. The molecule has 28 heavy (non-hydrogen) atoms. The Hall–Kier alpha value is -0.433. The molecule has 1 saturated heterocycles. The average molecular weight is 424 g/mol. The van der Waals surface area contributed by atoms with Crippen LogP contribution in [0.15, 0.2) is 24.3 Å². The van der Waals surface area contributed by atoms with Crippen LogP contribution < -0.4 is 0 Å². The Kier molecular flexibility index (Phi) is 7.79. The van der Waals surface area contributed by atoms with Gasteiger partial charge in [0.25, 0.3) is 0 Å². The smallest absolute Gasteiger partial charge is 0.246 e. The molecule has 1 aromatic carbocycles. The molecule has 1 fully saturated rings. The molecule has 2 rings (SSSR count). The topological polar surface area (TPSA) is 35.9 Å². The lowest BCUT2D eigenvalue weighted by Crippen LogP contribution is -2.61. The molecule has 3 radical (unpaired) electrons. The highest BCUT2D eigenvalue weighted by Crippen LogP contribution is 2.52. The Morgan fingerprint density at radius 3 is 2.43 bits per heavy atom. The van der Waals surface area contributed by atoms with E-state index in [0.29, 0.717) is 13.2 Å². The van der Waals surface area contributed by atoms with Crippen LogP contribution in [0, 0.1) is 5.41 Å². The van der Waals surface area contributed by atoms with Crippen molar-refractivity contribution in [3.05, 3.63) is 34.9 Å². The van der Waals surface area contributed by atoms with E-state index in [1.54, 1.807) is 0 Å². The average Bonchev–Trinajstić information content (AvgIpc) is 2.81. The zero-order chi connectivity index (χ0) is 21.2. The van der Waals surface area contributed by atoms with Crippen LogP contribution in [0.1, 0.15) is 59.4 Å². The summed E-state index contributed by atoms with van der Waals surface area (Å²) in [7, 11) is 5.47. The highest BCUT2D eigenvalue weighted by Gasteiger charge is 2.64. The SMILES string of the molecule is CCCCC1(CO[Si])N(Cc2ccccc2Cl)C(CO)C(C)(C(C)(C)C)N1C. The maximum Gasteiger partial charge on any atom is 0.246 e. The molecule has 1 aliphatic rings. The van der Waals surface area contributed by atoms with E-state index in [1.807, 2.05) is 18.2 Å². The van der Waals surface area contributed by atoms with Crippen LogP contribution in [0.4, 0.5) is 0 Å². The van der Waals surface area contributed by atoms with E-state index in [2.05, 4.69) is 68.0 Å². The first-order valence-corrected chi connectivity index (χ1v) is 11.0. The molecule has 157 valence electrons. The second-order valence-electron chi connectivity index (χ2n) is 9.25. The first kappa shape index (κ1) is 23.8. The summed E-state index contributed by atoms with van der Waals surface area (Å²) in [6, 6.07) is 7.93. The fourth-order valence-electron chi connectivity index (χ4n) is 4.93. The predicted octanol–water partition coefficient (Wildman–Crippen LogP) is 4.24. The van der Waals surface area contributed by atoms with E-state index in [4.69, 9.17) is 16.0 Å². The van der Waals surface area contributed by atoms with Crippen molar-refractivity contribution in [3.8, 4) is 0 Å². The van der Waals surface area contributed by atoms with Crippen LogP contribution in [0.2, 0.25) is 5.02 Å².